The summed E-state index contributed by atoms with van der Waals surface area (Å²) in [6.45, 7) is 0.462. The third-order valence-corrected chi connectivity index (χ3v) is 5.46. The van der Waals surface area contributed by atoms with Crippen molar-refractivity contribution in [1.82, 2.24) is 5.32 Å². The van der Waals surface area contributed by atoms with E-state index >= 15 is 0 Å². The van der Waals surface area contributed by atoms with E-state index in [1.807, 2.05) is 48.5 Å². The van der Waals surface area contributed by atoms with Gasteiger partial charge in [-0.25, -0.2) is 0 Å². The molecule has 1 unspecified atom stereocenters. The molecule has 7 nitrogen and oxygen atoms in total. The third-order valence-electron chi connectivity index (χ3n) is 4.45. The van der Waals surface area contributed by atoms with E-state index < -0.39 is 11.9 Å². The molecule has 3 N–H and O–H groups in total. The zero-order valence-corrected chi connectivity index (χ0v) is 16.6. The number of nitrogens with two attached hydrogens (primary N) is 1. The summed E-state index contributed by atoms with van der Waals surface area (Å²) >= 11 is 1.63. The molecule has 8 heteroatoms. The average molecular weight is 407 g/mol. The predicted molar refractivity (Wildman–Crippen MR) is 114 cm³/mol. The Kier molecular flexibility index (Phi) is 6.87. The molecule has 148 valence electrons. The number of carbonyl (C=O) groups is 2. The third kappa shape index (κ3) is 5.15. The molecule has 0 bridgehead atoms. The van der Waals surface area contributed by atoms with E-state index in [1.54, 1.807) is 17.8 Å². The van der Waals surface area contributed by atoms with Crippen LogP contribution < -0.4 is 16.1 Å². The van der Waals surface area contributed by atoms with Crippen molar-refractivity contribution in [3.8, 4) is 6.07 Å². The SMILES string of the molecule is N#Cc1ccccc1CSCCNC(=O)C1=NN(c2ccccc2)C(C(N)=O)C1. The number of nitriles is 1. The molecule has 0 fully saturated rings. The highest BCUT2D eigenvalue weighted by Gasteiger charge is 2.34. The van der Waals surface area contributed by atoms with Gasteiger partial charge in [-0.1, -0.05) is 36.4 Å². The van der Waals surface area contributed by atoms with Gasteiger partial charge in [0.05, 0.1) is 17.3 Å². The minimum Gasteiger partial charge on any atom is -0.368 e. The number of hydrogen-bond acceptors (Lipinski definition) is 6. The van der Waals surface area contributed by atoms with Crippen molar-refractivity contribution in [3.05, 3.63) is 65.7 Å². The van der Waals surface area contributed by atoms with Gasteiger partial charge in [-0.05, 0) is 23.8 Å². The fraction of sp³-hybridized carbons (Fsp3) is 0.238. The fourth-order valence-corrected chi connectivity index (χ4v) is 3.83. The van der Waals surface area contributed by atoms with Gasteiger partial charge in [0.15, 0.2) is 0 Å². The quantitative estimate of drug-likeness (QED) is 0.651. The van der Waals surface area contributed by atoms with E-state index in [4.69, 9.17) is 11.0 Å². The zero-order valence-electron chi connectivity index (χ0n) is 15.7. The predicted octanol–water partition coefficient (Wildman–Crippen LogP) is 2.03. The van der Waals surface area contributed by atoms with Gasteiger partial charge in [0.25, 0.3) is 5.91 Å². The lowest BCUT2D eigenvalue weighted by molar-refractivity contribution is -0.119. The van der Waals surface area contributed by atoms with E-state index in [2.05, 4.69) is 16.5 Å². The molecule has 2 amide bonds. The highest BCUT2D eigenvalue weighted by molar-refractivity contribution is 7.98. The maximum atomic E-state index is 12.5. The van der Waals surface area contributed by atoms with Gasteiger partial charge in [0.1, 0.15) is 11.8 Å². The molecule has 0 spiro atoms. The topological polar surface area (TPSA) is 112 Å². The number of primary amides is 1. The summed E-state index contributed by atoms with van der Waals surface area (Å²) in [5.41, 5.74) is 8.15. The average Bonchev–Trinajstić information content (AvgIpc) is 3.20. The second-order valence-corrected chi connectivity index (χ2v) is 7.53. The standard InChI is InChI=1S/C21H21N5O2S/c22-13-15-6-4-5-7-16(15)14-29-11-10-24-21(28)18-12-19(20(23)27)26(25-18)17-8-2-1-3-9-17/h1-9,19H,10-12,14H2,(H2,23,27)(H,24,28). The number of thioether (sulfide) groups is 1. The molecule has 3 rings (SSSR count). The first kappa shape index (κ1) is 20.4. The molecule has 0 aliphatic carbocycles. The largest absolute Gasteiger partial charge is 0.368 e. The number of anilines is 1. The maximum absolute atomic E-state index is 12.5. The van der Waals surface area contributed by atoms with Crippen molar-refractivity contribution >= 4 is 35.0 Å². The number of nitrogens with one attached hydrogen (secondary N) is 1. The maximum Gasteiger partial charge on any atom is 0.267 e. The summed E-state index contributed by atoms with van der Waals surface area (Å²) in [5, 5.41) is 17.8. The van der Waals surface area contributed by atoms with Crippen molar-refractivity contribution in [2.24, 2.45) is 10.8 Å². The number of amides is 2. The summed E-state index contributed by atoms with van der Waals surface area (Å²) in [7, 11) is 0. The minimum atomic E-state index is -0.671. The van der Waals surface area contributed by atoms with Crippen molar-refractivity contribution in [1.29, 1.82) is 5.26 Å². The second kappa shape index (κ2) is 9.75. The van der Waals surface area contributed by atoms with Gasteiger partial charge in [0, 0.05) is 24.5 Å². The lowest BCUT2D eigenvalue weighted by Gasteiger charge is -2.20. The number of hydrogen-bond donors (Lipinski definition) is 2. The first-order valence-corrected chi connectivity index (χ1v) is 10.3. The monoisotopic (exact) mass is 407 g/mol. The Morgan fingerprint density at radius 3 is 2.66 bits per heavy atom. The van der Waals surface area contributed by atoms with Gasteiger partial charge in [-0.15, -0.1) is 0 Å². The first-order chi connectivity index (χ1) is 14.1. The molecule has 1 aliphatic heterocycles. The minimum absolute atomic E-state index is 0.179. The van der Waals surface area contributed by atoms with Crippen LogP contribution in [0.5, 0.6) is 0 Å². The van der Waals surface area contributed by atoms with Crippen LogP contribution in [0.2, 0.25) is 0 Å². The van der Waals surface area contributed by atoms with Crippen LogP contribution in [0.1, 0.15) is 17.5 Å². The van der Waals surface area contributed by atoms with Crippen LogP contribution in [0.3, 0.4) is 0 Å². The van der Waals surface area contributed by atoms with Gasteiger partial charge < -0.3 is 11.1 Å². The van der Waals surface area contributed by atoms with E-state index in [0.29, 0.717) is 29.3 Å². The Bertz CT molecular complexity index is 955. The number of nitrogens with zero attached hydrogens (tertiary/aromatic N) is 3. The molecular weight excluding hydrogens is 386 g/mol. The zero-order chi connectivity index (χ0) is 20.6. The molecule has 0 aromatic heterocycles. The first-order valence-electron chi connectivity index (χ1n) is 9.15. The molecule has 0 saturated heterocycles. The normalized spacial score (nSPS) is 15.5. The summed E-state index contributed by atoms with van der Waals surface area (Å²) in [4.78, 5) is 24.2. The van der Waals surface area contributed by atoms with Crippen LogP contribution in [0, 0.1) is 11.3 Å². The van der Waals surface area contributed by atoms with Crippen LogP contribution >= 0.6 is 11.8 Å². The smallest absolute Gasteiger partial charge is 0.267 e. The van der Waals surface area contributed by atoms with Crippen molar-refractivity contribution in [2.45, 2.75) is 18.2 Å². The lowest BCUT2D eigenvalue weighted by Crippen LogP contribution is -2.40. The molecular formula is C21H21N5O2S. The molecule has 2 aromatic rings. The molecule has 0 saturated carbocycles. The summed E-state index contributed by atoms with van der Waals surface area (Å²) in [6, 6.07) is 18.2. The van der Waals surface area contributed by atoms with Gasteiger partial charge in [-0.2, -0.15) is 22.1 Å². The number of para-hydroxylation sites is 1. The lowest BCUT2D eigenvalue weighted by atomic mass is 10.1. The van der Waals surface area contributed by atoms with Crippen LogP contribution in [-0.2, 0) is 15.3 Å². The molecule has 1 heterocycles. The Balaban J connectivity index is 1.51. The van der Waals surface area contributed by atoms with Gasteiger partial charge in [-0.3, -0.25) is 14.6 Å². The highest BCUT2D eigenvalue weighted by Crippen LogP contribution is 2.24. The number of benzene rings is 2. The molecule has 1 atom stereocenters. The van der Waals surface area contributed by atoms with Crippen molar-refractivity contribution in [3.63, 3.8) is 0 Å². The van der Waals surface area contributed by atoms with Crippen LogP contribution in [0.15, 0.2) is 59.7 Å². The molecule has 2 aromatic carbocycles. The summed E-state index contributed by atoms with van der Waals surface area (Å²) < 4.78 is 0. The summed E-state index contributed by atoms with van der Waals surface area (Å²) in [5.74, 6) is 0.576. The van der Waals surface area contributed by atoms with Crippen molar-refractivity contribution < 1.29 is 9.59 Å². The van der Waals surface area contributed by atoms with Crippen molar-refractivity contribution in [2.75, 3.05) is 17.3 Å². The Labute approximate surface area is 173 Å². The molecule has 29 heavy (non-hydrogen) atoms. The Morgan fingerprint density at radius 2 is 1.93 bits per heavy atom. The number of rotatable bonds is 8. The van der Waals surface area contributed by atoms with Crippen LogP contribution in [0.25, 0.3) is 0 Å². The Morgan fingerprint density at radius 1 is 1.21 bits per heavy atom. The van der Waals surface area contributed by atoms with Gasteiger partial charge >= 0.3 is 0 Å². The van der Waals surface area contributed by atoms with E-state index in [1.165, 1.54) is 5.01 Å². The second-order valence-electron chi connectivity index (χ2n) is 6.43. The van der Waals surface area contributed by atoms with E-state index in [-0.39, 0.29) is 18.0 Å². The van der Waals surface area contributed by atoms with Crippen LogP contribution in [-0.4, -0.2) is 35.9 Å². The Hall–Kier alpha value is -3.31. The van der Waals surface area contributed by atoms with Crippen LogP contribution in [0.4, 0.5) is 5.69 Å². The molecule has 0 radical (unpaired) electrons. The number of hydrazone groups is 1. The fourth-order valence-electron chi connectivity index (χ4n) is 2.96. The number of carbonyl (C=O) groups excluding carboxylic acids is 2. The summed E-state index contributed by atoms with van der Waals surface area (Å²) in [6.07, 6.45) is 0.179. The van der Waals surface area contributed by atoms with E-state index in [9.17, 15) is 9.59 Å². The molecule has 1 aliphatic rings. The highest BCUT2D eigenvalue weighted by atomic mass is 32.2. The van der Waals surface area contributed by atoms with E-state index in [0.717, 1.165) is 5.56 Å². The van der Waals surface area contributed by atoms with Gasteiger partial charge in [0.2, 0.25) is 5.91 Å².